The Morgan fingerprint density at radius 2 is 1.81 bits per heavy atom. The van der Waals surface area contributed by atoms with E-state index in [4.69, 9.17) is 25.8 Å². The van der Waals surface area contributed by atoms with Crippen molar-refractivity contribution < 1.29 is 23.8 Å². The van der Waals surface area contributed by atoms with Gasteiger partial charge in [0.15, 0.2) is 11.5 Å². The topological polar surface area (TPSA) is 73.9 Å². The summed E-state index contributed by atoms with van der Waals surface area (Å²) in [4.78, 5) is 25.3. The number of hydrogen-bond donors (Lipinski definition) is 1. The molecular weight excluding hydrogens is 370 g/mol. The number of halogens is 1. The normalized spacial score (nSPS) is 14.2. The third-order valence-corrected chi connectivity index (χ3v) is 4.44. The number of amides is 1. The number of nitrogens with one attached hydrogen (secondary N) is 1. The summed E-state index contributed by atoms with van der Waals surface area (Å²) in [6.45, 7) is 0. The third kappa shape index (κ3) is 4.52. The van der Waals surface area contributed by atoms with E-state index in [1.165, 1.54) is 26.4 Å². The lowest BCUT2D eigenvalue weighted by Gasteiger charge is -2.18. The highest BCUT2D eigenvalue weighted by Crippen LogP contribution is 2.36. The molecule has 1 amide bonds. The van der Waals surface area contributed by atoms with Gasteiger partial charge in [0.2, 0.25) is 6.10 Å². The van der Waals surface area contributed by atoms with Crippen LogP contribution in [0.15, 0.2) is 42.5 Å². The standard InChI is InChI=1S/C20H20ClNO5/c1-25-16-11-13(10-15(21)18(16)26-2)20(24)27-17(12-6-4-3-5-7-12)19(23)22-14-8-9-14/h3-7,10-11,14,17H,8-9H2,1-2H3,(H,22,23)/t17-/m1/s1. The second kappa shape index (κ2) is 8.31. The fourth-order valence-electron chi connectivity index (χ4n) is 2.62. The van der Waals surface area contributed by atoms with Crippen LogP contribution in [0.3, 0.4) is 0 Å². The van der Waals surface area contributed by atoms with Gasteiger partial charge in [0.1, 0.15) is 0 Å². The van der Waals surface area contributed by atoms with Gasteiger partial charge in [0, 0.05) is 11.6 Å². The molecule has 2 aromatic carbocycles. The van der Waals surface area contributed by atoms with Gasteiger partial charge in [-0.2, -0.15) is 0 Å². The fourth-order valence-corrected chi connectivity index (χ4v) is 2.90. The van der Waals surface area contributed by atoms with E-state index in [2.05, 4.69) is 5.32 Å². The lowest BCUT2D eigenvalue weighted by Crippen LogP contribution is -2.33. The molecule has 0 aromatic heterocycles. The Bertz CT molecular complexity index is 836. The smallest absolute Gasteiger partial charge is 0.339 e. The van der Waals surface area contributed by atoms with Crippen LogP contribution in [0.1, 0.15) is 34.9 Å². The van der Waals surface area contributed by atoms with Gasteiger partial charge >= 0.3 is 5.97 Å². The highest BCUT2D eigenvalue weighted by molar-refractivity contribution is 6.32. The lowest BCUT2D eigenvalue weighted by molar-refractivity contribution is -0.130. The summed E-state index contributed by atoms with van der Waals surface area (Å²) in [6.07, 6.45) is 0.824. The van der Waals surface area contributed by atoms with E-state index >= 15 is 0 Å². The van der Waals surface area contributed by atoms with Crippen LogP contribution in [-0.4, -0.2) is 32.1 Å². The summed E-state index contributed by atoms with van der Waals surface area (Å²) in [7, 11) is 2.90. The summed E-state index contributed by atoms with van der Waals surface area (Å²) in [5, 5.41) is 3.09. The van der Waals surface area contributed by atoms with Crippen LogP contribution < -0.4 is 14.8 Å². The van der Waals surface area contributed by atoms with Crippen LogP contribution in [0.2, 0.25) is 5.02 Å². The predicted molar refractivity (Wildman–Crippen MR) is 100 cm³/mol. The van der Waals surface area contributed by atoms with Crippen molar-refractivity contribution in [1.29, 1.82) is 0 Å². The Labute approximate surface area is 162 Å². The van der Waals surface area contributed by atoms with E-state index in [0.29, 0.717) is 17.1 Å². The molecule has 1 atom stereocenters. The average molecular weight is 390 g/mol. The van der Waals surface area contributed by atoms with Crippen LogP contribution in [0.4, 0.5) is 0 Å². The molecule has 1 fully saturated rings. The molecule has 142 valence electrons. The van der Waals surface area contributed by atoms with E-state index in [-0.39, 0.29) is 22.5 Å². The molecule has 0 bridgehead atoms. The van der Waals surface area contributed by atoms with Gasteiger partial charge in [-0.15, -0.1) is 0 Å². The monoisotopic (exact) mass is 389 g/mol. The number of esters is 1. The van der Waals surface area contributed by atoms with E-state index in [9.17, 15) is 9.59 Å². The van der Waals surface area contributed by atoms with Crippen molar-refractivity contribution in [2.24, 2.45) is 0 Å². The zero-order valence-electron chi connectivity index (χ0n) is 15.0. The Morgan fingerprint density at radius 3 is 2.41 bits per heavy atom. The Morgan fingerprint density at radius 1 is 1.11 bits per heavy atom. The summed E-state index contributed by atoms with van der Waals surface area (Å²) >= 11 is 6.16. The van der Waals surface area contributed by atoms with E-state index < -0.39 is 12.1 Å². The maximum absolute atomic E-state index is 12.7. The van der Waals surface area contributed by atoms with Crippen molar-refractivity contribution in [2.75, 3.05) is 14.2 Å². The predicted octanol–water partition coefficient (Wildman–Crippen LogP) is 3.53. The number of carbonyl (C=O) groups excluding carboxylic acids is 2. The van der Waals surface area contributed by atoms with Gasteiger partial charge in [0.25, 0.3) is 5.91 Å². The van der Waals surface area contributed by atoms with Crippen LogP contribution in [0.5, 0.6) is 11.5 Å². The molecule has 0 heterocycles. The molecule has 0 aliphatic heterocycles. The Balaban J connectivity index is 1.86. The zero-order valence-corrected chi connectivity index (χ0v) is 15.8. The molecule has 0 spiro atoms. The van der Waals surface area contributed by atoms with Crippen molar-refractivity contribution in [3.05, 3.63) is 58.6 Å². The summed E-state index contributed by atoms with van der Waals surface area (Å²) in [5.41, 5.74) is 0.758. The first-order valence-corrected chi connectivity index (χ1v) is 8.89. The number of rotatable bonds is 7. The highest BCUT2D eigenvalue weighted by Gasteiger charge is 2.31. The zero-order chi connectivity index (χ0) is 19.4. The molecule has 0 unspecified atom stereocenters. The number of hydrogen-bond acceptors (Lipinski definition) is 5. The maximum Gasteiger partial charge on any atom is 0.339 e. The van der Waals surface area contributed by atoms with Gasteiger partial charge in [-0.25, -0.2) is 4.79 Å². The van der Waals surface area contributed by atoms with Gasteiger partial charge in [-0.1, -0.05) is 41.9 Å². The molecule has 1 aliphatic carbocycles. The highest BCUT2D eigenvalue weighted by atomic mass is 35.5. The fraction of sp³-hybridized carbons (Fsp3) is 0.300. The van der Waals surface area contributed by atoms with Crippen LogP contribution in [-0.2, 0) is 9.53 Å². The molecule has 7 heteroatoms. The molecule has 27 heavy (non-hydrogen) atoms. The van der Waals surface area contributed by atoms with E-state index in [1.807, 2.05) is 6.07 Å². The Hall–Kier alpha value is -2.73. The quantitative estimate of drug-likeness (QED) is 0.733. The maximum atomic E-state index is 12.7. The summed E-state index contributed by atoms with van der Waals surface area (Å²) in [6, 6.07) is 11.9. The number of benzene rings is 2. The second-order valence-corrected chi connectivity index (χ2v) is 6.58. The molecular formula is C20H20ClNO5. The molecule has 1 aliphatic rings. The van der Waals surface area contributed by atoms with Gasteiger partial charge in [-0.05, 0) is 25.0 Å². The minimum Gasteiger partial charge on any atom is -0.493 e. The molecule has 2 aromatic rings. The third-order valence-electron chi connectivity index (χ3n) is 4.16. The van der Waals surface area contributed by atoms with E-state index in [0.717, 1.165) is 12.8 Å². The van der Waals surface area contributed by atoms with Crippen LogP contribution in [0.25, 0.3) is 0 Å². The molecule has 0 radical (unpaired) electrons. The lowest BCUT2D eigenvalue weighted by atomic mass is 10.1. The summed E-state index contributed by atoms with van der Waals surface area (Å²) < 4.78 is 15.9. The first-order chi connectivity index (χ1) is 13.0. The molecule has 1 saturated carbocycles. The second-order valence-electron chi connectivity index (χ2n) is 6.17. The molecule has 1 N–H and O–H groups in total. The average Bonchev–Trinajstić information content (AvgIpc) is 3.49. The molecule has 0 saturated heterocycles. The summed E-state index contributed by atoms with van der Waals surface area (Å²) in [5.74, 6) is -0.404. The van der Waals surface area contributed by atoms with E-state index in [1.54, 1.807) is 24.3 Å². The van der Waals surface area contributed by atoms with Gasteiger partial charge < -0.3 is 19.5 Å². The Kier molecular flexibility index (Phi) is 5.86. The number of ether oxygens (including phenoxy) is 3. The SMILES string of the molecule is COc1cc(C(=O)O[C@@H](C(=O)NC2CC2)c2ccccc2)cc(Cl)c1OC. The van der Waals surface area contributed by atoms with Gasteiger partial charge in [-0.3, -0.25) is 4.79 Å². The molecule has 3 rings (SSSR count). The van der Waals surface area contributed by atoms with Crippen molar-refractivity contribution in [2.45, 2.75) is 25.0 Å². The first kappa shape index (κ1) is 19.0. The largest absolute Gasteiger partial charge is 0.493 e. The van der Waals surface area contributed by atoms with Crippen molar-refractivity contribution >= 4 is 23.5 Å². The van der Waals surface area contributed by atoms with Crippen LogP contribution in [0, 0.1) is 0 Å². The van der Waals surface area contributed by atoms with Crippen molar-refractivity contribution in [3.63, 3.8) is 0 Å². The van der Waals surface area contributed by atoms with Crippen LogP contribution >= 0.6 is 11.6 Å². The van der Waals surface area contributed by atoms with Crippen molar-refractivity contribution in [1.82, 2.24) is 5.32 Å². The van der Waals surface area contributed by atoms with Gasteiger partial charge in [0.05, 0.1) is 24.8 Å². The number of methoxy groups -OCH3 is 2. The molecule has 6 nitrogen and oxygen atoms in total. The number of carbonyl (C=O) groups is 2. The minimum absolute atomic E-state index is 0.151. The minimum atomic E-state index is -1.05. The van der Waals surface area contributed by atoms with Crippen molar-refractivity contribution in [3.8, 4) is 11.5 Å². The first-order valence-electron chi connectivity index (χ1n) is 8.51.